The van der Waals surface area contributed by atoms with E-state index in [0.29, 0.717) is 31.6 Å². The second kappa shape index (κ2) is 5.36. The molecule has 0 saturated carbocycles. The van der Waals surface area contributed by atoms with Gasteiger partial charge >= 0.3 is 0 Å². The summed E-state index contributed by atoms with van der Waals surface area (Å²) in [6, 6.07) is 10.2. The average Bonchev–Trinajstić information content (AvgIpc) is 2.28. The van der Waals surface area contributed by atoms with Crippen molar-refractivity contribution in [2.24, 2.45) is 0 Å². The van der Waals surface area contributed by atoms with E-state index in [4.69, 9.17) is 51.1 Å². The van der Waals surface area contributed by atoms with Crippen LogP contribution in [0.3, 0.4) is 0 Å². The van der Waals surface area contributed by atoms with Crippen LogP contribution in [0.2, 0.25) is 20.1 Å². The normalized spacial score (nSPS) is 10.4. The van der Waals surface area contributed by atoms with Crippen molar-refractivity contribution in [3.05, 3.63) is 56.5 Å². The molecule has 0 bridgehead atoms. The van der Waals surface area contributed by atoms with Crippen LogP contribution in [0.4, 0.5) is 0 Å². The lowest BCUT2D eigenvalue weighted by molar-refractivity contribution is 0.483. The molecule has 5 heteroatoms. The van der Waals surface area contributed by atoms with Gasteiger partial charge in [0.25, 0.3) is 0 Å². The van der Waals surface area contributed by atoms with Gasteiger partial charge < -0.3 is 4.74 Å². The molecule has 0 saturated heterocycles. The Morgan fingerprint density at radius 2 is 1.47 bits per heavy atom. The van der Waals surface area contributed by atoms with Gasteiger partial charge in [0, 0.05) is 11.1 Å². The molecule has 17 heavy (non-hydrogen) atoms. The van der Waals surface area contributed by atoms with Crippen molar-refractivity contribution in [2.45, 2.75) is 0 Å². The van der Waals surface area contributed by atoms with Crippen molar-refractivity contribution in [3.8, 4) is 11.5 Å². The molecule has 0 aliphatic carbocycles. The molecule has 2 rings (SSSR count). The maximum atomic E-state index is 6.01. The van der Waals surface area contributed by atoms with Gasteiger partial charge in [-0.3, -0.25) is 0 Å². The van der Waals surface area contributed by atoms with Crippen molar-refractivity contribution in [3.63, 3.8) is 0 Å². The van der Waals surface area contributed by atoms with Gasteiger partial charge in [-0.1, -0.05) is 58.5 Å². The molecule has 2 aromatic carbocycles. The van der Waals surface area contributed by atoms with E-state index < -0.39 is 0 Å². The first-order valence-electron chi connectivity index (χ1n) is 4.65. The molecular formula is C12H6Cl4O. The van der Waals surface area contributed by atoms with E-state index >= 15 is 0 Å². The zero-order chi connectivity index (χ0) is 12.4. The van der Waals surface area contributed by atoms with Crippen LogP contribution < -0.4 is 4.74 Å². The number of benzene rings is 2. The number of rotatable bonds is 2. The SMILES string of the molecule is Clc1cc(Cl)c(Cl)c(Oc2ccccc2Cl)c1. The van der Waals surface area contributed by atoms with Gasteiger partial charge in [-0.2, -0.15) is 0 Å². The van der Waals surface area contributed by atoms with Crippen LogP contribution in [0.5, 0.6) is 11.5 Å². The number of ether oxygens (including phenoxy) is 1. The molecule has 0 aliphatic rings. The minimum Gasteiger partial charge on any atom is -0.454 e. The molecule has 88 valence electrons. The lowest BCUT2D eigenvalue weighted by Crippen LogP contribution is -1.87. The summed E-state index contributed by atoms with van der Waals surface area (Å²) in [6.45, 7) is 0. The van der Waals surface area contributed by atoms with Crippen molar-refractivity contribution in [1.29, 1.82) is 0 Å². The highest BCUT2D eigenvalue weighted by atomic mass is 35.5. The Hall–Kier alpha value is -0.600. The summed E-state index contributed by atoms with van der Waals surface area (Å²) < 4.78 is 5.57. The predicted octanol–water partition coefficient (Wildman–Crippen LogP) is 6.09. The summed E-state index contributed by atoms with van der Waals surface area (Å²) in [4.78, 5) is 0. The minimum atomic E-state index is 0.302. The fourth-order valence-corrected chi connectivity index (χ4v) is 2.05. The largest absolute Gasteiger partial charge is 0.454 e. The molecule has 0 atom stereocenters. The monoisotopic (exact) mass is 306 g/mol. The van der Waals surface area contributed by atoms with Crippen LogP contribution in [0.15, 0.2) is 36.4 Å². The Labute approximate surface area is 119 Å². The standard InChI is InChI=1S/C12H6Cl4O/c13-7-5-9(15)12(16)11(6-7)17-10-4-2-1-3-8(10)14/h1-6H. The van der Waals surface area contributed by atoms with E-state index in [-0.39, 0.29) is 0 Å². The van der Waals surface area contributed by atoms with Crippen molar-refractivity contribution in [1.82, 2.24) is 0 Å². The first-order valence-corrected chi connectivity index (χ1v) is 6.16. The second-order valence-electron chi connectivity index (χ2n) is 3.23. The van der Waals surface area contributed by atoms with E-state index in [1.165, 1.54) is 0 Å². The summed E-state index contributed by atoms with van der Waals surface area (Å²) in [5, 5.41) is 1.57. The maximum Gasteiger partial charge on any atom is 0.149 e. The van der Waals surface area contributed by atoms with Gasteiger partial charge in [-0.15, -0.1) is 0 Å². The van der Waals surface area contributed by atoms with E-state index in [9.17, 15) is 0 Å². The van der Waals surface area contributed by atoms with Crippen LogP contribution >= 0.6 is 46.4 Å². The van der Waals surface area contributed by atoms with Gasteiger partial charge in [-0.25, -0.2) is 0 Å². The third-order valence-corrected chi connectivity index (χ3v) is 3.33. The zero-order valence-corrected chi connectivity index (χ0v) is 11.4. The Kier molecular flexibility index (Phi) is 4.05. The van der Waals surface area contributed by atoms with Gasteiger partial charge in [0.05, 0.1) is 10.0 Å². The Morgan fingerprint density at radius 1 is 0.765 bits per heavy atom. The molecular weight excluding hydrogens is 302 g/mol. The molecule has 0 aliphatic heterocycles. The van der Waals surface area contributed by atoms with E-state index in [1.807, 2.05) is 6.07 Å². The first kappa shape index (κ1) is 12.8. The lowest BCUT2D eigenvalue weighted by atomic mass is 10.3. The molecule has 0 spiro atoms. The van der Waals surface area contributed by atoms with E-state index in [1.54, 1.807) is 30.3 Å². The quantitative estimate of drug-likeness (QED) is 0.610. The summed E-state index contributed by atoms with van der Waals surface area (Å²) in [5.41, 5.74) is 0. The lowest BCUT2D eigenvalue weighted by Gasteiger charge is -2.10. The predicted molar refractivity (Wildman–Crippen MR) is 73.0 cm³/mol. The fourth-order valence-electron chi connectivity index (χ4n) is 1.25. The van der Waals surface area contributed by atoms with Crippen molar-refractivity contribution in [2.75, 3.05) is 0 Å². The van der Waals surface area contributed by atoms with Crippen LogP contribution in [0, 0.1) is 0 Å². The smallest absolute Gasteiger partial charge is 0.149 e. The fraction of sp³-hybridized carbons (Fsp3) is 0. The Morgan fingerprint density at radius 3 is 2.18 bits per heavy atom. The number of hydrogen-bond acceptors (Lipinski definition) is 1. The van der Waals surface area contributed by atoms with Gasteiger partial charge in [0.1, 0.15) is 16.5 Å². The molecule has 2 aromatic rings. The third kappa shape index (κ3) is 2.99. The molecule has 1 nitrogen and oxygen atoms in total. The summed E-state index contributed by atoms with van der Waals surface area (Å²) in [6.07, 6.45) is 0. The van der Waals surface area contributed by atoms with Gasteiger partial charge in [0.2, 0.25) is 0 Å². The highest BCUT2D eigenvalue weighted by molar-refractivity contribution is 6.44. The van der Waals surface area contributed by atoms with Crippen LogP contribution in [0.25, 0.3) is 0 Å². The summed E-state index contributed by atoms with van der Waals surface area (Å²) in [7, 11) is 0. The average molecular weight is 308 g/mol. The number of halogens is 4. The maximum absolute atomic E-state index is 6.01. The number of para-hydroxylation sites is 1. The first-order chi connectivity index (χ1) is 8.08. The van der Waals surface area contributed by atoms with Crippen molar-refractivity contribution >= 4 is 46.4 Å². The molecule has 0 amide bonds. The molecule has 0 aromatic heterocycles. The highest BCUT2D eigenvalue weighted by Gasteiger charge is 2.10. The molecule has 0 unspecified atom stereocenters. The molecule has 0 N–H and O–H groups in total. The van der Waals surface area contributed by atoms with Crippen LogP contribution in [-0.4, -0.2) is 0 Å². The zero-order valence-electron chi connectivity index (χ0n) is 8.38. The summed E-state index contributed by atoms with van der Waals surface area (Å²) >= 11 is 23.7. The van der Waals surface area contributed by atoms with Gasteiger partial charge in [-0.05, 0) is 18.2 Å². The Bertz CT molecular complexity index is 554. The van der Waals surface area contributed by atoms with Gasteiger partial charge in [0.15, 0.2) is 0 Å². The topological polar surface area (TPSA) is 9.23 Å². The molecule has 0 radical (unpaired) electrons. The van der Waals surface area contributed by atoms with E-state index in [0.717, 1.165) is 0 Å². The molecule has 0 fully saturated rings. The second-order valence-corrected chi connectivity index (χ2v) is 4.86. The minimum absolute atomic E-state index is 0.302. The number of hydrogen-bond donors (Lipinski definition) is 0. The third-order valence-electron chi connectivity index (χ3n) is 2.02. The van der Waals surface area contributed by atoms with Crippen molar-refractivity contribution < 1.29 is 4.74 Å². The van der Waals surface area contributed by atoms with Crippen LogP contribution in [0.1, 0.15) is 0 Å². The van der Waals surface area contributed by atoms with Crippen LogP contribution in [-0.2, 0) is 0 Å². The highest BCUT2D eigenvalue weighted by Crippen LogP contribution is 2.39. The molecule has 0 heterocycles. The Balaban J connectivity index is 2.40. The summed E-state index contributed by atoms with van der Waals surface area (Å²) in [5.74, 6) is 0.867. The van der Waals surface area contributed by atoms with E-state index in [2.05, 4.69) is 0 Å².